The minimum atomic E-state index is 0.0755. The predicted molar refractivity (Wildman–Crippen MR) is 75.5 cm³/mol. The Labute approximate surface area is 113 Å². The molecular weight excluding hydrogens is 236 g/mol. The molecule has 0 heterocycles. The molecule has 0 fully saturated rings. The van der Waals surface area contributed by atoms with Crippen molar-refractivity contribution in [3.63, 3.8) is 0 Å². The van der Waals surface area contributed by atoms with Gasteiger partial charge in [-0.05, 0) is 35.6 Å². The van der Waals surface area contributed by atoms with E-state index >= 15 is 0 Å². The Morgan fingerprint density at radius 1 is 1.11 bits per heavy atom. The summed E-state index contributed by atoms with van der Waals surface area (Å²) in [5, 5.41) is 0. The van der Waals surface area contributed by atoms with Gasteiger partial charge < -0.3 is 4.74 Å². The van der Waals surface area contributed by atoms with E-state index in [0.717, 1.165) is 17.5 Å². The number of rotatable bonds is 4. The van der Waals surface area contributed by atoms with Gasteiger partial charge in [0.15, 0.2) is 5.78 Å². The lowest BCUT2D eigenvalue weighted by Gasteiger charge is -2.07. The number of benzene rings is 2. The third-order valence-corrected chi connectivity index (χ3v) is 3.59. The Bertz CT molecular complexity index is 629. The van der Waals surface area contributed by atoms with Gasteiger partial charge >= 0.3 is 0 Å². The molecule has 0 radical (unpaired) electrons. The predicted octanol–water partition coefficient (Wildman–Crippen LogP) is 3.48. The van der Waals surface area contributed by atoms with Crippen LogP contribution in [0.4, 0.5) is 0 Å². The summed E-state index contributed by atoms with van der Waals surface area (Å²) in [6.45, 7) is 2.64. The normalized spacial score (nSPS) is 12.1. The Morgan fingerprint density at radius 3 is 2.74 bits per heavy atom. The molecule has 19 heavy (non-hydrogen) atoms. The van der Waals surface area contributed by atoms with Gasteiger partial charge in [0, 0.05) is 12.2 Å². The highest BCUT2D eigenvalue weighted by Crippen LogP contribution is 2.38. The van der Waals surface area contributed by atoms with Crippen LogP contribution in [0.25, 0.3) is 11.1 Å². The summed E-state index contributed by atoms with van der Waals surface area (Å²) in [6.07, 6.45) is 0.847. The zero-order valence-electron chi connectivity index (χ0n) is 11.0. The van der Waals surface area contributed by atoms with E-state index in [0.29, 0.717) is 6.61 Å². The Balaban J connectivity index is 2.01. The lowest BCUT2D eigenvalue weighted by molar-refractivity contribution is 0.0782. The van der Waals surface area contributed by atoms with E-state index in [1.807, 2.05) is 31.2 Å². The van der Waals surface area contributed by atoms with E-state index in [4.69, 9.17) is 4.74 Å². The largest absolute Gasteiger partial charge is 0.374 e. The van der Waals surface area contributed by atoms with Gasteiger partial charge in [0.1, 0.15) is 6.61 Å². The summed E-state index contributed by atoms with van der Waals surface area (Å²) >= 11 is 0. The van der Waals surface area contributed by atoms with Crippen molar-refractivity contribution < 1.29 is 9.53 Å². The van der Waals surface area contributed by atoms with Gasteiger partial charge in [-0.1, -0.05) is 42.5 Å². The Morgan fingerprint density at radius 2 is 1.89 bits per heavy atom. The molecule has 0 amide bonds. The van der Waals surface area contributed by atoms with Crippen LogP contribution in [0.1, 0.15) is 28.4 Å². The van der Waals surface area contributed by atoms with Crippen molar-refractivity contribution in [3.05, 3.63) is 59.2 Å². The number of carbonyl (C=O) groups excluding carboxylic acids is 1. The number of hydrogen-bond acceptors (Lipinski definition) is 2. The number of carbonyl (C=O) groups is 1. The van der Waals surface area contributed by atoms with Crippen molar-refractivity contribution in [2.24, 2.45) is 0 Å². The van der Waals surface area contributed by atoms with Gasteiger partial charge in [-0.15, -0.1) is 0 Å². The maximum absolute atomic E-state index is 12.2. The molecule has 0 bridgehead atoms. The zero-order chi connectivity index (χ0) is 13.2. The summed E-state index contributed by atoms with van der Waals surface area (Å²) < 4.78 is 5.24. The minimum absolute atomic E-state index is 0.0755. The summed E-state index contributed by atoms with van der Waals surface area (Å²) in [4.78, 5) is 12.2. The number of ketones is 1. The quantitative estimate of drug-likeness (QED) is 0.664. The molecule has 1 aliphatic carbocycles. The monoisotopic (exact) mass is 252 g/mol. The highest BCUT2D eigenvalue weighted by Gasteiger charge is 2.22. The maximum Gasteiger partial charge on any atom is 0.188 e. The van der Waals surface area contributed by atoms with Crippen LogP contribution in [0.3, 0.4) is 0 Å². The molecule has 2 heteroatoms. The Hall–Kier alpha value is -1.93. The first kappa shape index (κ1) is 12.1. The summed E-state index contributed by atoms with van der Waals surface area (Å²) in [5.41, 5.74) is 5.70. The molecule has 0 aliphatic heterocycles. The van der Waals surface area contributed by atoms with E-state index in [1.165, 1.54) is 16.7 Å². The van der Waals surface area contributed by atoms with Crippen molar-refractivity contribution in [1.29, 1.82) is 0 Å². The molecule has 3 rings (SSSR count). The van der Waals surface area contributed by atoms with Crippen LogP contribution < -0.4 is 0 Å². The van der Waals surface area contributed by atoms with Crippen LogP contribution in [0.15, 0.2) is 42.5 Å². The zero-order valence-corrected chi connectivity index (χ0v) is 11.0. The minimum Gasteiger partial charge on any atom is -0.374 e. The van der Waals surface area contributed by atoms with E-state index in [-0.39, 0.29) is 12.4 Å². The first-order chi connectivity index (χ1) is 9.31. The van der Waals surface area contributed by atoms with Crippen molar-refractivity contribution in [1.82, 2.24) is 0 Å². The number of ether oxygens (including phenoxy) is 1. The van der Waals surface area contributed by atoms with Crippen LogP contribution in [0, 0.1) is 0 Å². The lowest BCUT2D eigenvalue weighted by Crippen LogP contribution is -2.11. The van der Waals surface area contributed by atoms with Crippen molar-refractivity contribution in [2.75, 3.05) is 13.2 Å². The molecule has 2 aromatic rings. The van der Waals surface area contributed by atoms with E-state index < -0.39 is 0 Å². The van der Waals surface area contributed by atoms with Gasteiger partial charge in [-0.3, -0.25) is 4.79 Å². The molecule has 0 atom stereocenters. The molecule has 0 unspecified atom stereocenters. The lowest BCUT2D eigenvalue weighted by atomic mass is 9.99. The molecule has 0 saturated heterocycles. The van der Waals surface area contributed by atoms with Crippen LogP contribution in [0.2, 0.25) is 0 Å². The average molecular weight is 252 g/mol. The van der Waals surface area contributed by atoms with E-state index in [1.54, 1.807) is 0 Å². The molecule has 2 nitrogen and oxygen atoms in total. The van der Waals surface area contributed by atoms with Gasteiger partial charge in [-0.2, -0.15) is 0 Å². The first-order valence-electron chi connectivity index (χ1n) is 6.62. The van der Waals surface area contributed by atoms with E-state index in [2.05, 4.69) is 18.2 Å². The highest BCUT2D eigenvalue weighted by atomic mass is 16.5. The maximum atomic E-state index is 12.2. The van der Waals surface area contributed by atoms with Crippen LogP contribution in [0.5, 0.6) is 0 Å². The van der Waals surface area contributed by atoms with E-state index in [9.17, 15) is 4.79 Å². The first-order valence-corrected chi connectivity index (χ1v) is 6.62. The van der Waals surface area contributed by atoms with Crippen LogP contribution in [-0.2, 0) is 11.2 Å². The topological polar surface area (TPSA) is 26.3 Å². The standard InChI is InChI=1S/C17H16O2/c1-2-19-11-17(18)15-9-5-8-14-13-7-4-3-6-12(13)10-16(14)15/h3-9H,2,10-11H2,1H3. The summed E-state index contributed by atoms with van der Waals surface area (Å²) in [5.74, 6) is 0.0755. The van der Waals surface area contributed by atoms with Gasteiger partial charge in [0.25, 0.3) is 0 Å². The van der Waals surface area contributed by atoms with Gasteiger partial charge in [0.2, 0.25) is 0 Å². The molecule has 1 aliphatic rings. The fourth-order valence-corrected chi connectivity index (χ4v) is 2.69. The van der Waals surface area contributed by atoms with Gasteiger partial charge in [-0.25, -0.2) is 0 Å². The fourth-order valence-electron chi connectivity index (χ4n) is 2.69. The molecule has 2 aromatic carbocycles. The smallest absolute Gasteiger partial charge is 0.188 e. The molecule has 96 valence electrons. The molecular formula is C17H16O2. The molecule has 0 spiro atoms. The summed E-state index contributed by atoms with van der Waals surface area (Å²) in [6, 6.07) is 14.3. The third-order valence-electron chi connectivity index (χ3n) is 3.59. The summed E-state index contributed by atoms with van der Waals surface area (Å²) in [7, 11) is 0. The SMILES string of the molecule is CCOCC(=O)c1cccc2c1Cc1ccccc1-2. The second-order valence-electron chi connectivity index (χ2n) is 4.73. The van der Waals surface area contributed by atoms with Crippen molar-refractivity contribution in [3.8, 4) is 11.1 Å². The second kappa shape index (κ2) is 4.98. The molecule has 0 saturated carbocycles. The molecule has 0 N–H and O–H groups in total. The number of fused-ring (bicyclic) bond motifs is 3. The average Bonchev–Trinajstić information content (AvgIpc) is 2.83. The van der Waals surface area contributed by atoms with Crippen LogP contribution in [-0.4, -0.2) is 19.0 Å². The number of hydrogen-bond donors (Lipinski definition) is 0. The molecule has 0 aromatic heterocycles. The fraction of sp³-hybridized carbons (Fsp3) is 0.235. The van der Waals surface area contributed by atoms with Gasteiger partial charge in [0.05, 0.1) is 0 Å². The second-order valence-corrected chi connectivity index (χ2v) is 4.73. The third kappa shape index (κ3) is 2.08. The van der Waals surface area contributed by atoms with Crippen molar-refractivity contribution >= 4 is 5.78 Å². The Kier molecular flexibility index (Phi) is 3.18. The highest BCUT2D eigenvalue weighted by molar-refractivity contribution is 6.01. The van der Waals surface area contributed by atoms with Crippen molar-refractivity contribution in [2.45, 2.75) is 13.3 Å². The number of Topliss-reactive ketones (excluding diaryl/α,β-unsaturated/α-hetero) is 1. The van der Waals surface area contributed by atoms with Crippen LogP contribution >= 0.6 is 0 Å².